The SMILES string of the molecule is Cn1c(=O)[nH]c(=O)c2c1nc(N1CCCC1)n2CC(=O)c1ccccc1. The number of H-pyrrole nitrogens is 1. The molecule has 134 valence electrons. The Morgan fingerprint density at radius 3 is 2.54 bits per heavy atom. The molecule has 0 saturated carbocycles. The summed E-state index contributed by atoms with van der Waals surface area (Å²) >= 11 is 0. The molecular formula is C18H19N5O3. The summed E-state index contributed by atoms with van der Waals surface area (Å²) in [6.45, 7) is 1.62. The smallest absolute Gasteiger partial charge is 0.329 e. The number of benzene rings is 1. The van der Waals surface area contributed by atoms with Gasteiger partial charge in [-0.25, -0.2) is 4.79 Å². The number of imidazole rings is 1. The molecule has 0 unspecified atom stereocenters. The molecule has 1 aliphatic rings. The van der Waals surface area contributed by atoms with Crippen molar-refractivity contribution in [2.24, 2.45) is 7.05 Å². The van der Waals surface area contributed by atoms with E-state index in [2.05, 4.69) is 14.9 Å². The molecular weight excluding hydrogens is 334 g/mol. The molecule has 26 heavy (non-hydrogen) atoms. The van der Waals surface area contributed by atoms with Crippen LogP contribution in [0.5, 0.6) is 0 Å². The van der Waals surface area contributed by atoms with Crippen molar-refractivity contribution in [1.82, 2.24) is 19.1 Å². The van der Waals surface area contributed by atoms with Gasteiger partial charge in [0.2, 0.25) is 5.95 Å². The number of anilines is 1. The summed E-state index contributed by atoms with van der Waals surface area (Å²) in [7, 11) is 1.56. The van der Waals surface area contributed by atoms with Gasteiger partial charge in [-0.05, 0) is 12.8 Å². The Balaban J connectivity index is 1.89. The van der Waals surface area contributed by atoms with Gasteiger partial charge in [-0.2, -0.15) is 4.98 Å². The summed E-state index contributed by atoms with van der Waals surface area (Å²) in [5.41, 5.74) is 0.0687. The summed E-state index contributed by atoms with van der Waals surface area (Å²) in [6.07, 6.45) is 2.07. The first-order valence-corrected chi connectivity index (χ1v) is 8.59. The highest BCUT2D eigenvalue weighted by Crippen LogP contribution is 2.23. The predicted octanol–water partition coefficient (Wildman–Crippen LogP) is 0.906. The van der Waals surface area contributed by atoms with E-state index in [0.29, 0.717) is 17.2 Å². The molecule has 8 heteroatoms. The molecule has 0 aliphatic carbocycles. The highest BCUT2D eigenvalue weighted by Gasteiger charge is 2.24. The van der Waals surface area contributed by atoms with Crippen molar-refractivity contribution in [3.8, 4) is 0 Å². The monoisotopic (exact) mass is 353 g/mol. The van der Waals surface area contributed by atoms with Crippen molar-refractivity contribution in [3.05, 3.63) is 56.7 Å². The Morgan fingerprint density at radius 2 is 1.85 bits per heavy atom. The quantitative estimate of drug-likeness (QED) is 0.704. The molecule has 1 saturated heterocycles. The fourth-order valence-corrected chi connectivity index (χ4v) is 3.39. The van der Waals surface area contributed by atoms with Crippen LogP contribution in [0.15, 0.2) is 39.9 Å². The molecule has 0 amide bonds. The molecule has 1 aromatic carbocycles. The normalized spacial score (nSPS) is 14.3. The number of hydrogen-bond donors (Lipinski definition) is 1. The lowest BCUT2D eigenvalue weighted by Crippen LogP contribution is -2.30. The zero-order chi connectivity index (χ0) is 18.3. The van der Waals surface area contributed by atoms with Crippen LogP contribution in [0, 0.1) is 0 Å². The summed E-state index contributed by atoms with van der Waals surface area (Å²) in [6, 6.07) is 8.95. The van der Waals surface area contributed by atoms with Crippen molar-refractivity contribution in [3.63, 3.8) is 0 Å². The van der Waals surface area contributed by atoms with E-state index in [-0.39, 0.29) is 17.8 Å². The van der Waals surface area contributed by atoms with Crippen LogP contribution in [0.1, 0.15) is 23.2 Å². The number of rotatable bonds is 4. The summed E-state index contributed by atoms with van der Waals surface area (Å²) < 4.78 is 2.94. The lowest BCUT2D eigenvalue weighted by Gasteiger charge is -2.18. The van der Waals surface area contributed by atoms with E-state index in [1.165, 1.54) is 4.57 Å². The van der Waals surface area contributed by atoms with E-state index in [1.807, 2.05) is 6.07 Å². The summed E-state index contributed by atoms with van der Waals surface area (Å²) in [5.74, 6) is 0.451. The van der Waals surface area contributed by atoms with Crippen LogP contribution in [0.4, 0.5) is 5.95 Å². The molecule has 0 bridgehead atoms. The topological polar surface area (TPSA) is 93.0 Å². The number of aryl methyl sites for hydroxylation is 1. The largest absolute Gasteiger partial charge is 0.342 e. The van der Waals surface area contributed by atoms with Crippen molar-refractivity contribution in [1.29, 1.82) is 0 Å². The Hall–Kier alpha value is -3.16. The first kappa shape index (κ1) is 16.3. The zero-order valence-electron chi connectivity index (χ0n) is 14.4. The number of nitrogens with zero attached hydrogens (tertiary/aromatic N) is 4. The van der Waals surface area contributed by atoms with Gasteiger partial charge < -0.3 is 4.90 Å². The molecule has 4 rings (SSSR count). The summed E-state index contributed by atoms with van der Waals surface area (Å²) in [5, 5.41) is 0. The molecule has 2 aromatic heterocycles. The van der Waals surface area contributed by atoms with Crippen molar-refractivity contribution in [2.45, 2.75) is 19.4 Å². The van der Waals surface area contributed by atoms with Crippen LogP contribution in [0.3, 0.4) is 0 Å². The molecule has 3 heterocycles. The minimum Gasteiger partial charge on any atom is -0.342 e. The molecule has 1 fully saturated rings. The average molecular weight is 353 g/mol. The van der Waals surface area contributed by atoms with Crippen LogP contribution in [0.25, 0.3) is 11.2 Å². The van der Waals surface area contributed by atoms with Crippen LogP contribution in [-0.4, -0.2) is 38.0 Å². The maximum Gasteiger partial charge on any atom is 0.329 e. The summed E-state index contributed by atoms with van der Waals surface area (Å²) in [4.78, 5) is 46.0. The number of nitrogens with one attached hydrogen (secondary N) is 1. The predicted molar refractivity (Wildman–Crippen MR) is 97.8 cm³/mol. The van der Waals surface area contributed by atoms with Crippen LogP contribution in [0.2, 0.25) is 0 Å². The van der Waals surface area contributed by atoms with E-state index in [0.717, 1.165) is 25.9 Å². The third-order valence-electron chi connectivity index (χ3n) is 4.77. The second-order valence-corrected chi connectivity index (χ2v) is 6.47. The molecule has 1 aliphatic heterocycles. The number of ketones is 1. The second kappa shape index (κ2) is 6.29. The van der Waals surface area contributed by atoms with Gasteiger partial charge in [-0.3, -0.25) is 23.7 Å². The molecule has 3 aromatic rings. The Bertz CT molecular complexity index is 1090. The third-order valence-corrected chi connectivity index (χ3v) is 4.77. The minimum absolute atomic E-state index is 0.00632. The zero-order valence-corrected chi connectivity index (χ0v) is 14.4. The van der Waals surface area contributed by atoms with Gasteiger partial charge >= 0.3 is 5.69 Å². The van der Waals surface area contributed by atoms with Crippen molar-refractivity contribution in [2.75, 3.05) is 18.0 Å². The number of Topliss-reactive ketones (excluding diaryl/α,β-unsaturated/α-hetero) is 1. The van der Waals surface area contributed by atoms with E-state index < -0.39 is 11.2 Å². The van der Waals surface area contributed by atoms with Gasteiger partial charge in [0.25, 0.3) is 5.56 Å². The minimum atomic E-state index is -0.526. The molecule has 0 radical (unpaired) electrons. The van der Waals surface area contributed by atoms with Crippen molar-refractivity contribution >= 4 is 22.9 Å². The maximum absolute atomic E-state index is 12.7. The Morgan fingerprint density at radius 1 is 1.15 bits per heavy atom. The fraction of sp³-hybridized carbons (Fsp3) is 0.333. The number of hydrogen-bond acceptors (Lipinski definition) is 5. The maximum atomic E-state index is 12.7. The van der Waals surface area contributed by atoms with Gasteiger partial charge in [-0.15, -0.1) is 0 Å². The number of fused-ring (bicyclic) bond motifs is 1. The molecule has 0 atom stereocenters. The van der Waals surface area contributed by atoms with Gasteiger partial charge in [0, 0.05) is 25.7 Å². The third kappa shape index (κ3) is 2.63. The van der Waals surface area contributed by atoms with E-state index in [1.54, 1.807) is 35.9 Å². The number of aromatic nitrogens is 4. The Kier molecular flexibility index (Phi) is 3.95. The lowest BCUT2D eigenvalue weighted by atomic mass is 10.1. The molecule has 0 spiro atoms. The van der Waals surface area contributed by atoms with E-state index in [9.17, 15) is 14.4 Å². The van der Waals surface area contributed by atoms with E-state index in [4.69, 9.17) is 0 Å². The van der Waals surface area contributed by atoms with Gasteiger partial charge in [0.15, 0.2) is 16.9 Å². The number of carbonyl (C=O) groups is 1. The number of aromatic amines is 1. The van der Waals surface area contributed by atoms with Crippen molar-refractivity contribution < 1.29 is 4.79 Å². The molecule has 8 nitrogen and oxygen atoms in total. The van der Waals surface area contributed by atoms with Crippen LogP contribution in [-0.2, 0) is 13.6 Å². The first-order chi connectivity index (χ1) is 12.6. The van der Waals surface area contributed by atoms with E-state index >= 15 is 0 Å². The molecule has 1 N–H and O–H groups in total. The van der Waals surface area contributed by atoms with Gasteiger partial charge in [0.05, 0.1) is 6.54 Å². The number of carbonyl (C=O) groups excluding carboxylic acids is 1. The second-order valence-electron chi connectivity index (χ2n) is 6.47. The van der Waals surface area contributed by atoms with Gasteiger partial charge in [-0.1, -0.05) is 30.3 Å². The first-order valence-electron chi connectivity index (χ1n) is 8.59. The van der Waals surface area contributed by atoms with Crippen LogP contribution < -0.4 is 16.1 Å². The Labute approximate surface area is 148 Å². The lowest BCUT2D eigenvalue weighted by molar-refractivity contribution is 0.0973. The standard InChI is InChI=1S/C18H19N5O3/c1-21-15-14(16(25)20-18(21)26)23(17(19-15)22-9-5-6-10-22)11-13(24)12-7-3-2-4-8-12/h2-4,7-8H,5-6,9-11H2,1H3,(H,20,25,26). The highest BCUT2D eigenvalue weighted by atomic mass is 16.2. The highest BCUT2D eigenvalue weighted by molar-refractivity contribution is 5.96. The fourth-order valence-electron chi connectivity index (χ4n) is 3.39. The average Bonchev–Trinajstić information content (AvgIpc) is 3.28. The van der Waals surface area contributed by atoms with Gasteiger partial charge in [0.1, 0.15) is 0 Å². The van der Waals surface area contributed by atoms with Crippen LogP contribution >= 0.6 is 0 Å².